The first-order valence-corrected chi connectivity index (χ1v) is 18.3. The molecular weight excluding hydrogens is 800 g/mol. The van der Waals surface area contributed by atoms with Crippen molar-refractivity contribution in [3.8, 4) is 11.5 Å². The van der Waals surface area contributed by atoms with Crippen LogP contribution in [0.25, 0.3) is 0 Å². The highest BCUT2D eigenvalue weighted by Crippen LogP contribution is 2.28. The van der Waals surface area contributed by atoms with Crippen LogP contribution in [0.15, 0.2) is 106 Å². The number of anilines is 2. The Balaban J connectivity index is 0.000000183. The van der Waals surface area contributed by atoms with E-state index in [1.54, 1.807) is 57.7 Å². The minimum Gasteiger partial charge on any atom is -0.488 e. The summed E-state index contributed by atoms with van der Waals surface area (Å²) < 4.78 is 26.4. The van der Waals surface area contributed by atoms with Crippen LogP contribution in [0, 0.1) is 0 Å². The average Bonchev–Trinajstić information content (AvgIpc) is 3.90. The first-order chi connectivity index (χ1) is 28.6. The molecule has 0 bridgehead atoms. The normalized spacial score (nSPS) is 15.3. The fourth-order valence-corrected chi connectivity index (χ4v) is 5.56. The van der Waals surface area contributed by atoms with Crippen molar-refractivity contribution in [2.75, 3.05) is 43.7 Å². The van der Waals surface area contributed by atoms with E-state index in [2.05, 4.69) is 35.7 Å². The number of hydrogen-bond donors (Lipinski definition) is 2. The largest absolute Gasteiger partial charge is 0.488 e. The molecule has 4 aromatic heterocycles. The van der Waals surface area contributed by atoms with Gasteiger partial charge in [-0.3, -0.25) is 24.2 Å². The summed E-state index contributed by atoms with van der Waals surface area (Å²) in [7, 11) is 3.22. The van der Waals surface area contributed by atoms with Crippen molar-refractivity contribution >= 4 is 47.7 Å². The lowest BCUT2D eigenvalue weighted by molar-refractivity contribution is -0.121. The third-order valence-corrected chi connectivity index (χ3v) is 8.52. The van der Waals surface area contributed by atoms with Gasteiger partial charge in [0.05, 0.1) is 19.4 Å². The first-order valence-electron chi connectivity index (χ1n) is 18.3. The van der Waals surface area contributed by atoms with E-state index in [0.29, 0.717) is 47.8 Å². The van der Waals surface area contributed by atoms with Crippen LogP contribution in [-0.4, -0.2) is 100 Å². The maximum atomic E-state index is 12.6. The quantitative estimate of drug-likeness (QED) is 0.209. The second kappa shape index (κ2) is 21.0. The van der Waals surface area contributed by atoms with Crippen molar-refractivity contribution in [1.82, 2.24) is 35.7 Å². The number of likely N-dealkylation sites (N-methyl/N-ethyl adjacent to an activating group) is 2. The van der Waals surface area contributed by atoms with Crippen LogP contribution < -0.4 is 30.3 Å². The summed E-state index contributed by atoms with van der Waals surface area (Å²) in [5.74, 6) is 0.636. The summed E-state index contributed by atoms with van der Waals surface area (Å²) in [6.45, 7) is 2.18. The van der Waals surface area contributed by atoms with Gasteiger partial charge in [-0.05, 0) is 42.3 Å². The van der Waals surface area contributed by atoms with E-state index < -0.39 is 24.0 Å². The zero-order chi connectivity index (χ0) is 41.7. The molecule has 312 valence electrons. The summed E-state index contributed by atoms with van der Waals surface area (Å²) in [5, 5.41) is 17.7. The van der Waals surface area contributed by atoms with Gasteiger partial charge in [0.15, 0.2) is 23.1 Å². The highest BCUT2D eigenvalue weighted by Gasteiger charge is 2.33. The number of ether oxygens (including phenoxy) is 3. The van der Waals surface area contributed by atoms with E-state index in [1.165, 1.54) is 9.80 Å². The van der Waals surface area contributed by atoms with Crippen LogP contribution in [-0.2, 0) is 27.2 Å². The molecule has 19 nitrogen and oxygen atoms in total. The maximum absolute atomic E-state index is 12.6. The monoisotopic (exact) mass is 840 g/mol. The number of nitrogens with one attached hydrogen (secondary N) is 1. The molecule has 8 rings (SSSR count). The van der Waals surface area contributed by atoms with Gasteiger partial charge in [0.25, 0.3) is 5.91 Å². The molecule has 3 amide bonds. The van der Waals surface area contributed by atoms with E-state index in [0.717, 1.165) is 11.1 Å². The second-order valence-corrected chi connectivity index (χ2v) is 12.7. The highest BCUT2D eigenvalue weighted by atomic mass is 35.5. The summed E-state index contributed by atoms with van der Waals surface area (Å²) in [5.41, 5.74) is 7.64. The van der Waals surface area contributed by atoms with Gasteiger partial charge in [0.2, 0.25) is 17.7 Å². The van der Waals surface area contributed by atoms with Crippen LogP contribution in [0.5, 0.6) is 11.5 Å². The average molecular weight is 841 g/mol. The number of halogens is 1. The fourth-order valence-electron chi connectivity index (χ4n) is 5.56. The molecule has 0 unspecified atom stereocenters. The van der Waals surface area contributed by atoms with Crippen LogP contribution >= 0.6 is 12.4 Å². The number of nitrogens with zero attached hydrogens (tertiary/aromatic N) is 8. The molecule has 2 aromatic carbocycles. The first kappa shape index (κ1) is 43.9. The number of rotatable bonds is 8. The second-order valence-electron chi connectivity index (χ2n) is 12.7. The van der Waals surface area contributed by atoms with E-state index in [4.69, 9.17) is 28.8 Å². The molecule has 0 fully saturated rings. The Kier molecular flexibility index (Phi) is 15.3. The van der Waals surface area contributed by atoms with E-state index in [1.807, 2.05) is 60.7 Å². The van der Waals surface area contributed by atoms with Crippen LogP contribution in [0.2, 0.25) is 0 Å². The van der Waals surface area contributed by atoms with Gasteiger partial charge in [-0.25, -0.2) is 14.8 Å². The smallest absolute Gasteiger partial charge is 0.396 e. The molecular formula is C40H41ClN10O9. The standard InChI is InChI=1S/C19H17N5O4.C12H12N2O3.C9H11N3O2.ClH/c1-24-16-14(8-5-9-20-16)27-11-13(19(24)26)21-17(25)18-23-22-15(28-18)10-12-6-3-2-4-7-12;1-2-16-12(15)11-14-13-10(17-11)8-9-6-4-3-5-7-9;1-12-8-7(3-2-4-11-8)14-5-6(10)9(12)13;/h2-9,13H,10-11H2,1H3,(H,21,25);3-7H,2,8H2,1H3;2-4,6H,5,10H2,1H3;1H/t13-;;6-;/m0.0./s1. The number of amides is 3. The van der Waals surface area contributed by atoms with Crippen LogP contribution in [0.1, 0.15) is 51.2 Å². The topological polar surface area (TPSA) is 244 Å². The number of hydrogen-bond acceptors (Lipinski definition) is 16. The molecule has 3 N–H and O–H groups in total. The molecule has 60 heavy (non-hydrogen) atoms. The number of aromatic nitrogens is 6. The molecule has 0 radical (unpaired) electrons. The van der Waals surface area contributed by atoms with Crippen molar-refractivity contribution in [1.29, 1.82) is 0 Å². The number of benzene rings is 2. The Morgan fingerprint density at radius 1 is 0.717 bits per heavy atom. The zero-order valence-corrected chi connectivity index (χ0v) is 33.5. The predicted molar refractivity (Wildman–Crippen MR) is 216 cm³/mol. The number of fused-ring (bicyclic) bond motifs is 2. The lowest BCUT2D eigenvalue weighted by Gasteiger charge is -2.18. The SMILES string of the molecule is CCOC(=O)c1nnc(Cc2ccccc2)o1.CN1C(=O)[C@@H](N)COc2cccnc21.CN1C(=O)[C@@H](NC(=O)c2nnc(Cc3ccccc3)o2)COc2cccnc21.Cl. The molecule has 2 atom stereocenters. The number of pyridine rings is 2. The zero-order valence-electron chi connectivity index (χ0n) is 32.7. The summed E-state index contributed by atoms with van der Waals surface area (Å²) in [4.78, 5) is 59.0. The number of carbonyl (C=O) groups is 4. The Morgan fingerprint density at radius 2 is 1.22 bits per heavy atom. The molecule has 6 heterocycles. The molecule has 2 aliphatic heterocycles. The van der Waals surface area contributed by atoms with E-state index >= 15 is 0 Å². The molecule has 20 heteroatoms. The van der Waals surface area contributed by atoms with E-state index in [9.17, 15) is 19.2 Å². The van der Waals surface area contributed by atoms with Crippen molar-refractivity contribution in [3.05, 3.63) is 132 Å². The molecule has 0 saturated carbocycles. The van der Waals surface area contributed by atoms with Crippen molar-refractivity contribution in [2.45, 2.75) is 31.8 Å². The number of esters is 1. The van der Waals surface area contributed by atoms with Gasteiger partial charge in [-0.15, -0.1) is 32.8 Å². The van der Waals surface area contributed by atoms with Crippen molar-refractivity contribution < 1.29 is 42.2 Å². The Hall–Kier alpha value is -7.25. The minimum atomic E-state index is -0.906. The predicted octanol–water partition coefficient (Wildman–Crippen LogP) is 3.23. The molecule has 0 aliphatic carbocycles. The van der Waals surface area contributed by atoms with E-state index in [-0.39, 0.29) is 55.8 Å². The van der Waals surface area contributed by atoms with Gasteiger partial charge in [0.1, 0.15) is 25.3 Å². The summed E-state index contributed by atoms with van der Waals surface area (Å²) >= 11 is 0. The highest BCUT2D eigenvalue weighted by molar-refractivity contribution is 6.01. The van der Waals surface area contributed by atoms with Gasteiger partial charge < -0.3 is 34.1 Å². The van der Waals surface area contributed by atoms with Gasteiger partial charge >= 0.3 is 23.7 Å². The Labute approximate surface area is 349 Å². The number of nitrogens with two attached hydrogens (primary N) is 1. The van der Waals surface area contributed by atoms with Crippen LogP contribution in [0.4, 0.5) is 11.6 Å². The minimum absolute atomic E-state index is 0. The summed E-state index contributed by atoms with van der Waals surface area (Å²) in [6, 6.07) is 24.7. The van der Waals surface area contributed by atoms with Gasteiger partial charge in [-0.1, -0.05) is 60.7 Å². The Bertz CT molecular complexity index is 2360. The number of carbonyl (C=O) groups excluding carboxylic acids is 4. The van der Waals surface area contributed by atoms with Crippen LogP contribution in [0.3, 0.4) is 0 Å². The molecule has 6 aromatic rings. The molecule has 0 saturated heterocycles. The van der Waals surface area contributed by atoms with Gasteiger partial charge in [0, 0.05) is 26.5 Å². The molecule has 2 aliphatic rings. The van der Waals surface area contributed by atoms with Crippen molar-refractivity contribution in [3.63, 3.8) is 0 Å². The molecule has 0 spiro atoms. The maximum Gasteiger partial charge on any atom is 0.396 e. The lowest BCUT2D eigenvalue weighted by Crippen LogP contribution is -2.49. The summed E-state index contributed by atoms with van der Waals surface area (Å²) in [6.07, 6.45) is 4.10. The van der Waals surface area contributed by atoms with Crippen molar-refractivity contribution in [2.24, 2.45) is 5.73 Å². The van der Waals surface area contributed by atoms with Gasteiger partial charge in [-0.2, -0.15) is 0 Å². The fraction of sp³-hybridized carbons (Fsp3) is 0.250. The third-order valence-electron chi connectivity index (χ3n) is 8.52. The third kappa shape index (κ3) is 11.2. The lowest BCUT2D eigenvalue weighted by atomic mass is 10.2. The Morgan fingerprint density at radius 3 is 1.77 bits per heavy atom.